The number of primary sulfonamides is 1. The molecule has 0 heterocycles. The number of benzene rings is 1. The van der Waals surface area contributed by atoms with Crippen molar-refractivity contribution < 1.29 is 18.3 Å². The first-order chi connectivity index (χ1) is 8.43. The number of nitrogens with two attached hydrogens (primary N) is 1. The van der Waals surface area contributed by atoms with Gasteiger partial charge in [0.05, 0.1) is 25.2 Å². The topological polar surface area (TPSA) is 138 Å². The lowest BCUT2D eigenvalue weighted by atomic mass is 10.1. The zero-order valence-corrected chi connectivity index (χ0v) is 10.4. The van der Waals surface area contributed by atoms with Gasteiger partial charge in [-0.1, -0.05) is 5.11 Å². The van der Waals surface area contributed by atoms with Gasteiger partial charge in [0.15, 0.2) is 0 Å². The van der Waals surface area contributed by atoms with E-state index in [0.29, 0.717) is 5.56 Å². The minimum absolute atomic E-state index is 0.101. The zero-order chi connectivity index (χ0) is 13.8. The fourth-order valence-corrected chi connectivity index (χ4v) is 2.10. The lowest BCUT2D eigenvalue weighted by Gasteiger charge is -2.12. The maximum atomic E-state index is 11.3. The Balaban J connectivity index is 3.49. The molecular weight excluding hydrogens is 260 g/mol. The number of sulfonamides is 1. The maximum absolute atomic E-state index is 11.3. The smallest absolute Gasteiger partial charge is 0.238 e. The van der Waals surface area contributed by atoms with Crippen LogP contribution in [-0.2, 0) is 23.2 Å². The number of ether oxygens (including phenoxy) is 1. The van der Waals surface area contributed by atoms with E-state index >= 15 is 0 Å². The summed E-state index contributed by atoms with van der Waals surface area (Å²) in [5.41, 5.74) is 8.87. The van der Waals surface area contributed by atoms with Gasteiger partial charge in [-0.2, -0.15) is 0 Å². The molecule has 0 aromatic heterocycles. The van der Waals surface area contributed by atoms with E-state index in [1.807, 2.05) is 0 Å². The van der Waals surface area contributed by atoms with Crippen molar-refractivity contribution in [2.75, 3.05) is 7.11 Å². The third kappa shape index (κ3) is 3.11. The van der Waals surface area contributed by atoms with Crippen molar-refractivity contribution >= 4 is 10.0 Å². The first-order valence-electron chi connectivity index (χ1n) is 4.78. The molecule has 0 aliphatic heterocycles. The summed E-state index contributed by atoms with van der Waals surface area (Å²) >= 11 is 0. The van der Waals surface area contributed by atoms with E-state index < -0.39 is 16.6 Å². The van der Waals surface area contributed by atoms with Gasteiger partial charge in [0, 0.05) is 16.0 Å². The highest BCUT2D eigenvalue weighted by Crippen LogP contribution is 2.28. The fraction of sp³-hybridized carbons (Fsp3) is 0.333. The molecule has 18 heavy (non-hydrogen) atoms. The largest absolute Gasteiger partial charge is 0.496 e. The average molecular weight is 272 g/mol. The van der Waals surface area contributed by atoms with Gasteiger partial charge in [-0.3, -0.25) is 0 Å². The summed E-state index contributed by atoms with van der Waals surface area (Å²) in [6.45, 7) is -0.522. The molecule has 0 spiro atoms. The number of azide groups is 1. The Morgan fingerprint density at radius 1 is 1.50 bits per heavy atom. The van der Waals surface area contributed by atoms with Crippen LogP contribution < -0.4 is 9.88 Å². The van der Waals surface area contributed by atoms with Crippen LogP contribution in [0.2, 0.25) is 0 Å². The lowest BCUT2D eigenvalue weighted by molar-refractivity contribution is 0.273. The van der Waals surface area contributed by atoms with Crippen molar-refractivity contribution in [1.29, 1.82) is 0 Å². The average Bonchev–Trinajstić information content (AvgIpc) is 2.33. The van der Waals surface area contributed by atoms with Crippen molar-refractivity contribution in [2.24, 2.45) is 10.3 Å². The van der Waals surface area contributed by atoms with Crippen LogP contribution in [0.3, 0.4) is 0 Å². The molecule has 1 aromatic rings. The molecule has 0 aliphatic carbocycles. The van der Waals surface area contributed by atoms with Gasteiger partial charge >= 0.3 is 0 Å². The molecule has 0 unspecified atom stereocenters. The molecule has 1 rings (SSSR count). The van der Waals surface area contributed by atoms with Crippen molar-refractivity contribution in [2.45, 2.75) is 18.0 Å². The SMILES string of the molecule is COc1c(CO)cc(S(N)(=O)=O)cc1CN=[N+]=[N-]. The second kappa shape index (κ2) is 5.69. The van der Waals surface area contributed by atoms with E-state index in [-0.39, 0.29) is 22.8 Å². The molecule has 98 valence electrons. The lowest BCUT2D eigenvalue weighted by Crippen LogP contribution is -2.13. The molecule has 0 aliphatic rings. The van der Waals surface area contributed by atoms with Crippen LogP contribution in [0.1, 0.15) is 11.1 Å². The monoisotopic (exact) mass is 272 g/mol. The van der Waals surface area contributed by atoms with Crippen LogP contribution in [0, 0.1) is 0 Å². The number of hydrogen-bond acceptors (Lipinski definition) is 5. The number of nitrogens with zero attached hydrogens (tertiary/aromatic N) is 3. The van der Waals surface area contributed by atoms with Crippen molar-refractivity contribution in [3.63, 3.8) is 0 Å². The predicted molar refractivity (Wildman–Crippen MR) is 63.1 cm³/mol. The van der Waals surface area contributed by atoms with E-state index in [4.69, 9.17) is 15.4 Å². The minimum atomic E-state index is -3.91. The quantitative estimate of drug-likeness (QED) is 0.461. The molecule has 1 aromatic carbocycles. The Bertz CT molecular complexity index is 593. The Kier molecular flexibility index (Phi) is 4.51. The molecule has 0 fully saturated rings. The van der Waals surface area contributed by atoms with Crippen LogP contribution in [0.25, 0.3) is 10.4 Å². The van der Waals surface area contributed by atoms with Crippen LogP contribution >= 0.6 is 0 Å². The molecule has 3 N–H and O–H groups in total. The van der Waals surface area contributed by atoms with Crippen LogP contribution in [0.5, 0.6) is 5.75 Å². The summed E-state index contributed by atoms with van der Waals surface area (Å²) < 4.78 is 27.6. The molecular formula is C9H12N4O4S. The standard InChI is InChI=1S/C9H12N4O4S/c1-17-9-6(4-12-13-10)2-8(18(11,15)16)3-7(9)5-14/h2-3,14H,4-5H2,1H3,(H2,11,15,16). The highest BCUT2D eigenvalue weighted by Gasteiger charge is 2.16. The molecule has 0 bridgehead atoms. The predicted octanol–water partition coefficient (Wildman–Crippen LogP) is 0.645. The number of methoxy groups -OCH3 is 1. The molecule has 8 nitrogen and oxygen atoms in total. The van der Waals surface area contributed by atoms with E-state index in [2.05, 4.69) is 10.0 Å². The summed E-state index contributed by atoms with van der Waals surface area (Å²) in [4.78, 5) is 2.41. The Labute approximate surface area is 104 Å². The first kappa shape index (κ1) is 14.3. The summed E-state index contributed by atoms with van der Waals surface area (Å²) in [7, 11) is -2.54. The third-order valence-corrected chi connectivity index (χ3v) is 3.12. The molecule has 0 radical (unpaired) electrons. The van der Waals surface area contributed by atoms with Gasteiger partial charge in [-0.25, -0.2) is 13.6 Å². The summed E-state index contributed by atoms with van der Waals surface area (Å²) in [5, 5.41) is 17.5. The third-order valence-electron chi connectivity index (χ3n) is 2.22. The maximum Gasteiger partial charge on any atom is 0.238 e. The van der Waals surface area contributed by atoms with Gasteiger partial charge in [0.2, 0.25) is 10.0 Å². The summed E-state index contributed by atoms with van der Waals surface area (Å²) in [6, 6.07) is 2.47. The molecule has 0 saturated heterocycles. The minimum Gasteiger partial charge on any atom is -0.496 e. The van der Waals surface area contributed by atoms with Gasteiger partial charge in [-0.15, -0.1) is 0 Å². The van der Waals surface area contributed by atoms with E-state index in [1.54, 1.807) is 0 Å². The van der Waals surface area contributed by atoms with Gasteiger partial charge in [0.25, 0.3) is 0 Å². The molecule has 0 atom stereocenters. The summed E-state index contributed by atoms with van der Waals surface area (Å²) in [5.74, 6) is 0.275. The highest BCUT2D eigenvalue weighted by molar-refractivity contribution is 7.89. The Morgan fingerprint density at radius 3 is 2.56 bits per heavy atom. The molecule has 0 saturated carbocycles. The van der Waals surface area contributed by atoms with Crippen molar-refractivity contribution in [3.05, 3.63) is 33.7 Å². The number of hydrogen-bond donors (Lipinski definition) is 2. The number of rotatable bonds is 5. The van der Waals surface area contributed by atoms with Crippen molar-refractivity contribution in [3.8, 4) is 5.75 Å². The summed E-state index contributed by atoms with van der Waals surface area (Å²) in [6.07, 6.45) is 0. The fourth-order valence-electron chi connectivity index (χ4n) is 1.49. The normalized spacial score (nSPS) is 10.8. The number of aliphatic hydroxyl groups excluding tert-OH is 1. The van der Waals surface area contributed by atoms with Gasteiger partial charge < -0.3 is 9.84 Å². The molecule has 9 heteroatoms. The molecule has 0 amide bonds. The first-order valence-corrected chi connectivity index (χ1v) is 6.33. The second-order valence-electron chi connectivity index (χ2n) is 3.37. The zero-order valence-electron chi connectivity index (χ0n) is 9.57. The van der Waals surface area contributed by atoms with Gasteiger partial charge in [0.1, 0.15) is 5.75 Å². The Hall–Kier alpha value is -1.80. The number of aliphatic hydroxyl groups is 1. The van der Waals surface area contributed by atoms with Crippen molar-refractivity contribution in [1.82, 2.24) is 0 Å². The van der Waals surface area contributed by atoms with Crippen LogP contribution in [0.15, 0.2) is 22.1 Å². The van der Waals surface area contributed by atoms with Gasteiger partial charge in [-0.05, 0) is 17.7 Å². The second-order valence-corrected chi connectivity index (χ2v) is 4.93. The van der Waals surface area contributed by atoms with Crippen LogP contribution in [0.4, 0.5) is 0 Å². The van der Waals surface area contributed by atoms with E-state index in [0.717, 1.165) is 0 Å². The highest BCUT2D eigenvalue weighted by atomic mass is 32.2. The Morgan fingerprint density at radius 2 is 2.11 bits per heavy atom. The van der Waals surface area contributed by atoms with E-state index in [1.165, 1.54) is 19.2 Å². The van der Waals surface area contributed by atoms with Crippen LogP contribution in [-0.4, -0.2) is 20.6 Å². The van der Waals surface area contributed by atoms with E-state index in [9.17, 15) is 13.5 Å².